The second kappa shape index (κ2) is 9.86. The zero-order chi connectivity index (χ0) is 18.9. The highest BCUT2D eigenvalue weighted by Crippen LogP contribution is 2.31. The molecule has 0 saturated heterocycles. The van der Waals surface area contributed by atoms with Crippen LogP contribution in [0.1, 0.15) is 17.2 Å². The van der Waals surface area contributed by atoms with E-state index < -0.39 is 11.0 Å². The molecule has 0 radical (unpaired) electrons. The number of aliphatic hydroxyl groups is 1. The lowest BCUT2D eigenvalue weighted by Gasteiger charge is -2.28. The minimum atomic E-state index is -0.889. The first-order valence-corrected chi connectivity index (χ1v) is 8.32. The van der Waals surface area contributed by atoms with Crippen LogP contribution in [0.3, 0.4) is 0 Å². The maximum absolute atomic E-state index is 10.8. The molecule has 2 aromatic rings. The Bertz CT molecular complexity index is 697. The van der Waals surface area contributed by atoms with Gasteiger partial charge in [0.05, 0.1) is 18.1 Å². The molecule has 0 aliphatic carbocycles. The standard InChI is InChI=1S/C19H24N2O5/c1-25-13-11-20(12-14-26-2)18-6-4-3-5-17(18)19(22)15-7-9-16(10-8-15)21(23)24/h3-10,19,22H,11-14H2,1-2H3. The van der Waals surface area contributed by atoms with Crippen molar-refractivity contribution in [1.29, 1.82) is 0 Å². The molecular weight excluding hydrogens is 336 g/mol. The van der Waals surface area contributed by atoms with Crippen LogP contribution in [-0.4, -0.2) is 50.6 Å². The lowest BCUT2D eigenvalue weighted by molar-refractivity contribution is -0.384. The number of nitrogens with zero attached hydrogens (tertiary/aromatic N) is 2. The van der Waals surface area contributed by atoms with Crippen LogP contribution in [-0.2, 0) is 9.47 Å². The third-order valence-corrected chi connectivity index (χ3v) is 4.12. The Kier molecular flexibility index (Phi) is 7.53. The van der Waals surface area contributed by atoms with Crippen LogP contribution in [0.25, 0.3) is 0 Å². The summed E-state index contributed by atoms with van der Waals surface area (Å²) in [5, 5.41) is 21.7. The number of para-hydroxylation sites is 1. The predicted molar refractivity (Wildman–Crippen MR) is 99.6 cm³/mol. The molecule has 1 unspecified atom stereocenters. The first-order chi connectivity index (χ1) is 12.6. The van der Waals surface area contributed by atoms with E-state index in [1.54, 1.807) is 26.4 Å². The van der Waals surface area contributed by atoms with Crippen molar-refractivity contribution in [2.24, 2.45) is 0 Å². The van der Waals surface area contributed by atoms with E-state index >= 15 is 0 Å². The quantitative estimate of drug-likeness (QED) is 0.518. The van der Waals surface area contributed by atoms with Crippen molar-refractivity contribution in [2.75, 3.05) is 45.4 Å². The Morgan fingerprint density at radius 1 is 1.04 bits per heavy atom. The van der Waals surface area contributed by atoms with Gasteiger partial charge in [0.15, 0.2) is 0 Å². The van der Waals surface area contributed by atoms with Gasteiger partial charge in [-0.15, -0.1) is 0 Å². The molecule has 0 heterocycles. The molecule has 26 heavy (non-hydrogen) atoms. The summed E-state index contributed by atoms with van der Waals surface area (Å²) in [4.78, 5) is 12.4. The minimum absolute atomic E-state index is 0.00366. The van der Waals surface area contributed by atoms with E-state index in [0.29, 0.717) is 31.9 Å². The number of non-ortho nitro benzene ring substituents is 1. The summed E-state index contributed by atoms with van der Waals surface area (Å²) < 4.78 is 10.4. The van der Waals surface area contributed by atoms with Gasteiger partial charge in [0.1, 0.15) is 6.10 Å². The fourth-order valence-corrected chi connectivity index (χ4v) is 2.72. The van der Waals surface area contributed by atoms with Gasteiger partial charge in [-0.1, -0.05) is 18.2 Å². The van der Waals surface area contributed by atoms with Crippen LogP contribution in [0.5, 0.6) is 0 Å². The van der Waals surface area contributed by atoms with Gasteiger partial charge in [-0.3, -0.25) is 10.1 Å². The number of rotatable bonds is 10. The van der Waals surface area contributed by atoms with Gasteiger partial charge in [-0.25, -0.2) is 0 Å². The number of methoxy groups -OCH3 is 2. The maximum atomic E-state index is 10.8. The van der Waals surface area contributed by atoms with E-state index in [0.717, 1.165) is 11.3 Å². The normalized spacial score (nSPS) is 12.0. The number of hydrogen-bond acceptors (Lipinski definition) is 6. The highest BCUT2D eigenvalue weighted by Gasteiger charge is 2.19. The molecular formula is C19H24N2O5. The summed E-state index contributed by atoms with van der Waals surface area (Å²) in [5.74, 6) is 0. The Labute approximate surface area is 152 Å². The summed E-state index contributed by atoms with van der Waals surface area (Å²) in [6.07, 6.45) is -0.889. The smallest absolute Gasteiger partial charge is 0.269 e. The zero-order valence-electron chi connectivity index (χ0n) is 15.0. The first kappa shape index (κ1) is 19.8. The van der Waals surface area contributed by atoms with Gasteiger partial charge < -0.3 is 19.5 Å². The fourth-order valence-electron chi connectivity index (χ4n) is 2.72. The molecule has 0 aromatic heterocycles. The SMILES string of the molecule is COCCN(CCOC)c1ccccc1C(O)c1ccc([N+](=O)[O-])cc1. The van der Waals surface area contributed by atoms with Gasteiger partial charge in [-0.2, -0.15) is 0 Å². The molecule has 2 aromatic carbocycles. The number of nitro groups is 1. The third kappa shape index (κ3) is 5.01. The molecule has 0 amide bonds. The van der Waals surface area contributed by atoms with E-state index in [9.17, 15) is 15.2 Å². The number of aliphatic hydroxyl groups excluding tert-OH is 1. The Morgan fingerprint density at radius 2 is 1.62 bits per heavy atom. The first-order valence-electron chi connectivity index (χ1n) is 8.32. The molecule has 140 valence electrons. The highest BCUT2D eigenvalue weighted by molar-refractivity contribution is 5.56. The molecule has 0 saturated carbocycles. The van der Waals surface area contributed by atoms with Crippen LogP contribution in [0.15, 0.2) is 48.5 Å². The summed E-state index contributed by atoms with van der Waals surface area (Å²) >= 11 is 0. The molecule has 0 fully saturated rings. The van der Waals surface area contributed by atoms with Crippen molar-refractivity contribution in [3.8, 4) is 0 Å². The van der Waals surface area contributed by atoms with E-state index in [1.807, 2.05) is 24.3 Å². The molecule has 7 heteroatoms. The molecule has 7 nitrogen and oxygen atoms in total. The minimum Gasteiger partial charge on any atom is -0.384 e. The van der Waals surface area contributed by atoms with E-state index in [2.05, 4.69) is 4.90 Å². The largest absolute Gasteiger partial charge is 0.384 e. The van der Waals surface area contributed by atoms with Crippen molar-refractivity contribution in [3.05, 3.63) is 69.8 Å². The monoisotopic (exact) mass is 360 g/mol. The molecule has 0 aliphatic heterocycles. The number of anilines is 1. The van der Waals surface area contributed by atoms with E-state index in [-0.39, 0.29) is 5.69 Å². The molecule has 1 atom stereocenters. The Morgan fingerprint density at radius 3 is 2.15 bits per heavy atom. The molecule has 2 rings (SSSR count). The Hall–Kier alpha value is -2.48. The molecule has 0 aliphatic rings. The fraction of sp³-hybridized carbons (Fsp3) is 0.368. The van der Waals surface area contributed by atoms with Gasteiger partial charge >= 0.3 is 0 Å². The number of ether oxygens (including phenoxy) is 2. The van der Waals surface area contributed by atoms with Crippen molar-refractivity contribution in [1.82, 2.24) is 0 Å². The average molecular weight is 360 g/mol. The number of benzene rings is 2. The predicted octanol–water partition coefficient (Wildman–Crippen LogP) is 2.78. The van der Waals surface area contributed by atoms with Gasteiger partial charge in [0.2, 0.25) is 0 Å². The number of nitro benzene ring substituents is 1. The van der Waals surface area contributed by atoms with Crippen LogP contribution in [0.2, 0.25) is 0 Å². The summed E-state index contributed by atoms with van der Waals surface area (Å²) in [6.45, 7) is 2.41. The highest BCUT2D eigenvalue weighted by atomic mass is 16.6. The zero-order valence-corrected chi connectivity index (χ0v) is 15.0. The Balaban J connectivity index is 2.31. The van der Waals surface area contributed by atoms with Crippen molar-refractivity contribution in [2.45, 2.75) is 6.10 Å². The van der Waals surface area contributed by atoms with Gasteiger partial charge in [0, 0.05) is 50.7 Å². The third-order valence-electron chi connectivity index (χ3n) is 4.12. The molecule has 0 spiro atoms. The lowest BCUT2D eigenvalue weighted by atomic mass is 9.99. The summed E-state index contributed by atoms with van der Waals surface area (Å²) in [5.41, 5.74) is 2.21. The molecule has 1 N–H and O–H groups in total. The second-order valence-electron chi connectivity index (χ2n) is 5.78. The summed E-state index contributed by atoms with van der Waals surface area (Å²) in [7, 11) is 3.29. The topological polar surface area (TPSA) is 85.1 Å². The van der Waals surface area contributed by atoms with E-state index in [4.69, 9.17) is 9.47 Å². The second-order valence-corrected chi connectivity index (χ2v) is 5.78. The lowest BCUT2D eigenvalue weighted by Crippen LogP contribution is -2.31. The van der Waals surface area contributed by atoms with Crippen LogP contribution in [0.4, 0.5) is 11.4 Å². The molecule has 0 bridgehead atoms. The van der Waals surface area contributed by atoms with Crippen molar-refractivity contribution >= 4 is 11.4 Å². The van der Waals surface area contributed by atoms with Crippen LogP contribution >= 0.6 is 0 Å². The maximum Gasteiger partial charge on any atom is 0.269 e. The summed E-state index contributed by atoms with van der Waals surface area (Å²) in [6, 6.07) is 13.5. The van der Waals surface area contributed by atoms with E-state index in [1.165, 1.54) is 12.1 Å². The van der Waals surface area contributed by atoms with Crippen molar-refractivity contribution in [3.63, 3.8) is 0 Å². The van der Waals surface area contributed by atoms with Gasteiger partial charge in [0.25, 0.3) is 5.69 Å². The number of hydrogen-bond donors (Lipinski definition) is 1. The van der Waals surface area contributed by atoms with Crippen molar-refractivity contribution < 1.29 is 19.5 Å². The average Bonchev–Trinajstić information content (AvgIpc) is 2.67. The van der Waals surface area contributed by atoms with Crippen LogP contribution < -0.4 is 4.90 Å². The van der Waals surface area contributed by atoms with Gasteiger partial charge in [-0.05, 0) is 23.8 Å². The van der Waals surface area contributed by atoms with Crippen LogP contribution in [0, 0.1) is 10.1 Å².